The largest absolute Gasteiger partial charge is 0.497 e. The van der Waals surface area contributed by atoms with E-state index in [0.29, 0.717) is 10.8 Å². The molecular weight excluding hydrogens is 588 g/mol. The van der Waals surface area contributed by atoms with E-state index in [1.807, 2.05) is 53.9 Å². The molecule has 0 aliphatic carbocycles. The number of H-pyrrole nitrogens is 1. The van der Waals surface area contributed by atoms with Gasteiger partial charge in [0.25, 0.3) is 0 Å². The normalized spacial score (nSPS) is 12.4. The number of fused-ring (bicyclic) bond motifs is 1. The van der Waals surface area contributed by atoms with E-state index in [9.17, 15) is 13.2 Å². The highest BCUT2D eigenvalue weighted by Gasteiger charge is 2.28. The number of amides is 1. The first-order chi connectivity index (χ1) is 18.3. The highest BCUT2D eigenvalue weighted by molar-refractivity contribution is 9.10. The minimum Gasteiger partial charge on any atom is -0.497 e. The number of aromatic nitrogens is 2. The smallest absolute Gasteiger partial charge is 0.244 e. The molecule has 2 heterocycles. The lowest BCUT2D eigenvalue weighted by Gasteiger charge is -2.18. The molecular formula is C27H23BrN4O4S2. The Balaban J connectivity index is 1.40. The molecule has 194 valence electrons. The van der Waals surface area contributed by atoms with Crippen molar-refractivity contribution in [3.8, 4) is 17.0 Å². The van der Waals surface area contributed by atoms with Gasteiger partial charge in [0.2, 0.25) is 15.9 Å². The van der Waals surface area contributed by atoms with Crippen molar-refractivity contribution in [1.29, 1.82) is 0 Å². The third-order valence-corrected chi connectivity index (χ3v) is 8.73. The molecule has 1 atom stereocenters. The van der Waals surface area contributed by atoms with E-state index in [1.54, 1.807) is 25.4 Å². The van der Waals surface area contributed by atoms with Crippen LogP contribution in [0.1, 0.15) is 5.56 Å². The molecule has 1 amide bonds. The van der Waals surface area contributed by atoms with Gasteiger partial charge in [-0.25, -0.2) is 13.4 Å². The third-order valence-electron chi connectivity index (χ3n) is 5.96. The van der Waals surface area contributed by atoms with Crippen LogP contribution in [0.5, 0.6) is 5.75 Å². The van der Waals surface area contributed by atoms with Crippen LogP contribution in [0.2, 0.25) is 0 Å². The molecule has 0 aliphatic heterocycles. The van der Waals surface area contributed by atoms with Gasteiger partial charge in [-0.15, -0.1) is 11.3 Å². The average molecular weight is 612 g/mol. The molecule has 0 spiro atoms. The van der Waals surface area contributed by atoms with Crippen LogP contribution in [-0.2, 0) is 21.2 Å². The Labute approximate surface area is 232 Å². The molecule has 3 N–H and O–H groups in total. The van der Waals surface area contributed by atoms with Gasteiger partial charge >= 0.3 is 0 Å². The number of ether oxygens (including phenoxy) is 1. The lowest BCUT2D eigenvalue weighted by molar-refractivity contribution is -0.117. The van der Waals surface area contributed by atoms with Crippen molar-refractivity contribution in [3.63, 3.8) is 0 Å². The Morgan fingerprint density at radius 3 is 2.55 bits per heavy atom. The number of halogens is 1. The molecule has 11 heteroatoms. The summed E-state index contributed by atoms with van der Waals surface area (Å²) in [6.07, 6.45) is 1.94. The summed E-state index contributed by atoms with van der Waals surface area (Å²) in [4.78, 5) is 21.2. The quantitative estimate of drug-likeness (QED) is 0.201. The Bertz CT molecular complexity index is 1680. The minimum atomic E-state index is -3.99. The zero-order chi connectivity index (χ0) is 26.7. The minimum absolute atomic E-state index is 0.0634. The van der Waals surface area contributed by atoms with Crippen LogP contribution in [0.25, 0.3) is 22.2 Å². The van der Waals surface area contributed by atoms with Crippen molar-refractivity contribution in [3.05, 3.63) is 94.4 Å². The molecule has 8 nitrogen and oxygen atoms in total. The summed E-state index contributed by atoms with van der Waals surface area (Å²) in [5.41, 5.74) is 3.28. The van der Waals surface area contributed by atoms with E-state index in [-0.39, 0.29) is 11.3 Å². The Morgan fingerprint density at radius 1 is 1.08 bits per heavy atom. The van der Waals surface area contributed by atoms with Crippen molar-refractivity contribution in [2.45, 2.75) is 17.4 Å². The van der Waals surface area contributed by atoms with Crippen LogP contribution in [0.4, 0.5) is 5.13 Å². The zero-order valence-electron chi connectivity index (χ0n) is 20.1. The second-order valence-corrected chi connectivity index (χ2v) is 11.9. The number of hydrogen-bond donors (Lipinski definition) is 3. The number of thiazole rings is 1. The number of hydrogen-bond acceptors (Lipinski definition) is 6. The maximum absolute atomic E-state index is 13.5. The van der Waals surface area contributed by atoms with Gasteiger partial charge in [0, 0.05) is 32.5 Å². The van der Waals surface area contributed by atoms with E-state index in [2.05, 4.69) is 35.9 Å². The number of para-hydroxylation sites is 1. The molecule has 0 aliphatic rings. The summed E-state index contributed by atoms with van der Waals surface area (Å²) in [6, 6.07) is 20.2. The fourth-order valence-electron chi connectivity index (χ4n) is 4.00. The topological polar surface area (TPSA) is 113 Å². The summed E-state index contributed by atoms with van der Waals surface area (Å²) in [5.74, 6) is 0.224. The van der Waals surface area contributed by atoms with E-state index in [4.69, 9.17) is 4.74 Å². The third kappa shape index (κ3) is 5.81. The molecule has 0 radical (unpaired) electrons. The van der Waals surface area contributed by atoms with E-state index in [0.717, 1.165) is 32.3 Å². The molecule has 2 aromatic heterocycles. The number of anilines is 1. The summed E-state index contributed by atoms with van der Waals surface area (Å²) < 4.78 is 35.0. The standard InChI is InChI=1S/C27H23BrN4O4S2/c1-36-20-10-6-17(7-11-20)25-16-37-27(30-25)31-26(33)24(14-18-15-29-23-5-3-2-4-22(18)23)32-38(34,35)21-12-8-19(28)9-13-21/h2-13,15-16,24,29,32H,14H2,1H3,(H,30,31,33). The second kappa shape index (κ2) is 11.1. The van der Waals surface area contributed by atoms with Gasteiger partial charge in [0.1, 0.15) is 11.8 Å². The number of benzene rings is 3. The molecule has 5 rings (SSSR count). The van der Waals surface area contributed by atoms with Crippen LogP contribution < -0.4 is 14.8 Å². The van der Waals surface area contributed by atoms with Crippen LogP contribution in [0, 0.1) is 0 Å². The second-order valence-electron chi connectivity index (χ2n) is 8.45. The fraction of sp³-hybridized carbons (Fsp3) is 0.111. The van der Waals surface area contributed by atoms with Gasteiger partial charge < -0.3 is 15.0 Å². The molecule has 38 heavy (non-hydrogen) atoms. The summed E-state index contributed by atoms with van der Waals surface area (Å²) in [6.45, 7) is 0. The van der Waals surface area contributed by atoms with Crippen molar-refractivity contribution in [2.75, 3.05) is 12.4 Å². The van der Waals surface area contributed by atoms with Gasteiger partial charge in [-0.3, -0.25) is 4.79 Å². The molecule has 0 saturated heterocycles. The van der Waals surface area contributed by atoms with Crippen LogP contribution in [0.15, 0.2) is 93.7 Å². The van der Waals surface area contributed by atoms with Crippen molar-refractivity contribution >= 4 is 59.2 Å². The summed E-state index contributed by atoms with van der Waals surface area (Å²) in [7, 11) is -2.38. The van der Waals surface area contributed by atoms with Crippen molar-refractivity contribution in [1.82, 2.24) is 14.7 Å². The predicted molar refractivity (Wildman–Crippen MR) is 153 cm³/mol. The number of nitrogens with zero attached hydrogens (tertiary/aromatic N) is 1. The zero-order valence-corrected chi connectivity index (χ0v) is 23.4. The lowest BCUT2D eigenvalue weighted by atomic mass is 10.1. The molecule has 0 fully saturated rings. The Morgan fingerprint density at radius 2 is 1.82 bits per heavy atom. The molecule has 3 aromatic carbocycles. The molecule has 5 aromatic rings. The number of nitrogens with one attached hydrogen (secondary N) is 3. The maximum atomic E-state index is 13.5. The van der Waals surface area contributed by atoms with Gasteiger partial charge in [-0.2, -0.15) is 4.72 Å². The first kappa shape index (κ1) is 26.1. The number of aromatic amines is 1. The molecule has 0 saturated carbocycles. The van der Waals surface area contributed by atoms with Crippen molar-refractivity contribution < 1.29 is 17.9 Å². The lowest BCUT2D eigenvalue weighted by Crippen LogP contribution is -2.45. The highest BCUT2D eigenvalue weighted by Crippen LogP contribution is 2.27. The van der Waals surface area contributed by atoms with Gasteiger partial charge in [0.05, 0.1) is 17.7 Å². The maximum Gasteiger partial charge on any atom is 0.244 e. The number of sulfonamides is 1. The molecule has 1 unspecified atom stereocenters. The average Bonchev–Trinajstić information content (AvgIpc) is 3.56. The van der Waals surface area contributed by atoms with E-state index >= 15 is 0 Å². The highest BCUT2D eigenvalue weighted by atomic mass is 79.9. The number of rotatable bonds is 9. The van der Waals surface area contributed by atoms with E-state index in [1.165, 1.54) is 23.5 Å². The van der Waals surface area contributed by atoms with Crippen LogP contribution in [0.3, 0.4) is 0 Å². The van der Waals surface area contributed by atoms with E-state index < -0.39 is 22.0 Å². The first-order valence-corrected chi connectivity index (χ1v) is 14.7. The first-order valence-electron chi connectivity index (χ1n) is 11.6. The fourth-order valence-corrected chi connectivity index (χ4v) is 6.18. The van der Waals surface area contributed by atoms with Crippen LogP contribution >= 0.6 is 27.3 Å². The number of carbonyl (C=O) groups is 1. The monoisotopic (exact) mass is 610 g/mol. The van der Waals surface area contributed by atoms with Gasteiger partial charge in [-0.05, 0) is 66.6 Å². The van der Waals surface area contributed by atoms with Gasteiger partial charge in [0.15, 0.2) is 5.13 Å². The SMILES string of the molecule is COc1ccc(-c2csc(NC(=O)C(Cc3c[nH]c4ccccc34)NS(=O)(=O)c3ccc(Br)cc3)n2)cc1. The Kier molecular flexibility index (Phi) is 7.61. The predicted octanol–water partition coefficient (Wildman–Crippen LogP) is 5.59. The molecule has 0 bridgehead atoms. The number of carbonyl (C=O) groups excluding carboxylic acids is 1. The van der Waals surface area contributed by atoms with Crippen LogP contribution in [-0.4, -0.2) is 37.4 Å². The number of methoxy groups -OCH3 is 1. The van der Waals surface area contributed by atoms with Gasteiger partial charge in [-0.1, -0.05) is 34.1 Å². The summed E-state index contributed by atoms with van der Waals surface area (Å²) >= 11 is 4.58. The summed E-state index contributed by atoms with van der Waals surface area (Å²) in [5, 5.41) is 5.92. The van der Waals surface area contributed by atoms with Crippen molar-refractivity contribution in [2.24, 2.45) is 0 Å². The Hall–Kier alpha value is -3.51.